The molecule has 8 heteroatoms. The van der Waals surface area contributed by atoms with Crippen molar-refractivity contribution in [3.05, 3.63) is 29.6 Å². The first-order chi connectivity index (χ1) is 11.4. The minimum Gasteiger partial charge on any atom is -0.352 e. The summed E-state index contributed by atoms with van der Waals surface area (Å²) >= 11 is 0. The average Bonchev–Trinajstić information content (AvgIpc) is 2.93. The number of aromatic nitrogens is 1. The number of hydrogen-bond donors (Lipinski definition) is 1. The van der Waals surface area contributed by atoms with Gasteiger partial charge in [-0.25, -0.2) is 8.42 Å². The van der Waals surface area contributed by atoms with E-state index in [2.05, 4.69) is 10.3 Å². The molecule has 2 rings (SSSR count). The number of amides is 2. The highest BCUT2D eigenvalue weighted by Crippen LogP contribution is 2.19. The van der Waals surface area contributed by atoms with Crippen LogP contribution in [0.3, 0.4) is 0 Å². The Kier molecular flexibility index (Phi) is 5.93. The van der Waals surface area contributed by atoms with Crippen molar-refractivity contribution in [2.45, 2.75) is 32.7 Å². The van der Waals surface area contributed by atoms with Crippen LogP contribution in [0.2, 0.25) is 0 Å². The molecule has 1 aliphatic heterocycles. The van der Waals surface area contributed by atoms with Gasteiger partial charge in [0, 0.05) is 30.9 Å². The van der Waals surface area contributed by atoms with Crippen LogP contribution in [0, 0.1) is 0 Å². The van der Waals surface area contributed by atoms with E-state index in [0.29, 0.717) is 25.1 Å². The van der Waals surface area contributed by atoms with Crippen molar-refractivity contribution in [3.63, 3.8) is 0 Å². The number of nitrogens with one attached hydrogen (secondary N) is 1. The number of carbonyl (C=O) groups is 2. The quantitative estimate of drug-likeness (QED) is 0.818. The Hall–Kier alpha value is -1.96. The van der Waals surface area contributed by atoms with Crippen LogP contribution in [0.25, 0.3) is 0 Å². The molecule has 132 valence electrons. The van der Waals surface area contributed by atoms with Crippen LogP contribution in [-0.2, 0) is 9.84 Å². The molecule has 1 unspecified atom stereocenters. The molecule has 1 aromatic heterocycles. The fourth-order valence-electron chi connectivity index (χ4n) is 2.77. The molecule has 1 aliphatic rings. The molecule has 0 aliphatic carbocycles. The molecule has 0 saturated carbocycles. The van der Waals surface area contributed by atoms with E-state index in [4.69, 9.17) is 0 Å². The Morgan fingerprint density at radius 2 is 2.12 bits per heavy atom. The highest BCUT2D eigenvalue weighted by Gasteiger charge is 2.34. The maximum atomic E-state index is 12.7. The molecule has 1 atom stereocenters. The van der Waals surface area contributed by atoms with Crippen LogP contribution in [0.5, 0.6) is 0 Å². The van der Waals surface area contributed by atoms with Gasteiger partial charge in [-0.15, -0.1) is 0 Å². The summed E-state index contributed by atoms with van der Waals surface area (Å²) in [4.78, 5) is 30.3. The van der Waals surface area contributed by atoms with Crippen molar-refractivity contribution in [2.24, 2.45) is 0 Å². The summed E-state index contributed by atoms with van der Waals surface area (Å²) in [6.45, 7) is 4.72. The summed E-state index contributed by atoms with van der Waals surface area (Å²) in [6.07, 6.45) is 2.69. The standard InChI is InChI=1S/C16H23N3O4S/c1-3-7-18-15(20)12-5-8-17-14(10-12)16(21)19(4-2)13-6-9-24(22,23)11-13/h5,8,10,13H,3-4,6-7,9,11H2,1-2H3,(H,18,20). The third kappa shape index (κ3) is 4.31. The van der Waals surface area contributed by atoms with Gasteiger partial charge in [-0.2, -0.15) is 0 Å². The Bertz CT molecular complexity index is 718. The lowest BCUT2D eigenvalue weighted by molar-refractivity contribution is 0.0702. The SMILES string of the molecule is CCCNC(=O)c1ccnc(C(=O)N(CC)C2CCS(=O)(=O)C2)c1. The molecular weight excluding hydrogens is 330 g/mol. The molecule has 1 saturated heterocycles. The van der Waals surface area contributed by atoms with E-state index in [0.717, 1.165) is 6.42 Å². The second kappa shape index (κ2) is 7.74. The largest absolute Gasteiger partial charge is 0.352 e. The third-order valence-corrected chi connectivity index (χ3v) is 5.78. The third-order valence-electron chi connectivity index (χ3n) is 4.03. The lowest BCUT2D eigenvalue weighted by atomic mass is 10.1. The predicted octanol–water partition coefficient (Wildman–Crippen LogP) is 0.871. The van der Waals surface area contributed by atoms with Crippen molar-refractivity contribution < 1.29 is 18.0 Å². The van der Waals surface area contributed by atoms with E-state index in [1.807, 2.05) is 6.92 Å². The molecule has 7 nitrogen and oxygen atoms in total. The molecule has 24 heavy (non-hydrogen) atoms. The Morgan fingerprint density at radius 1 is 1.38 bits per heavy atom. The van der Waals surface area contributed by atoms with E-state index in [1.165, 1.54) is 17.2 Å². The molecule has 1 N–H and O–H groups in total. The fraction of sp³-hybridized carbons (Fsp3) is 0.562. The summed E-state index contributed by atoms with van der Waals surface area (Å²) in [5, 5.41) is 2.75. The number of nitrogens with zero attached hydrogens (tertiary/aromatic N) is 2. The van der Waals surface area contributed by atoms with Gasteiger partial charge < -0.3 is 10.2 Å². The van der Waals surface area contributed by atoms with E-state index < -0.39 is 9.84 Å². The molecule has 0 aromatic carbocycles. The van der Waals surface area contributed by atoms with Crippen LogP contribution in [-0.4, -0.2) is 60.8 Å². The van der Waals surface area contributed by atoms with Gasteiger partial charge in [0.15, 0.2) is 9.84 Å². The smallest absolute Gasteiger partial charge is 0.272 e. The second-order valence-corrected chi connectivity index (χ2v) is 8.06. The zero-order valence-electron chi connectivity index (χ0n) is 14.0. The van der Waals surface area contributed by atoms with Gasteiger partial charge in [-0.1, -0.05) is 6.92 Å². The van der Waals surface area contributed by atoms with E-state index in [9.17, 15) is 18.0 Å². The van der Waals surface area contributed by atoms with Crippen molar-refractivity contribution in [2.75, 3.05) is 24.6 Å². The second-order valence-electron chi connectivity index (χ2n) is 5.83. The van der Waals surface area contributed by atoms with Crippen molar-refractivity contribution in [1.29, 1.82) is 0 Å². The molecule has 2 amide bonds. The highest BCUT2D eigenvalue weighted by molar-refractivity contribution is 7.91. The van der Waals surface area contributed by atoms with E-state index in [1.54, 1.807) is 13.0 Å². The molecular formula is C16H23N3O4S. The maximum absolute atomic E-state index is 12.7. The van der Waals surface area contributed by atoms with E-state index >= 15 is 0 Å². The van der Waals surface area contributed by atoms with E-state index in [-0.39, 0.29) is 35.1 Å². The average molecular weight is 353 g/mol. The summed E-state index contributed by atoms with van der Waals surface area (Å²) in [5.41, 5.74) is 0.530. The van der Waals surface area contributed by atoms with Gasteiger partial charge in [-0.3, -0.25) is 14.6 Å². The van der Waals surface area contributed by atoms with Gasteiger partial charge in [-0.05, 0) is 31.9 Å². The number of sulfone groups is 1. The van der Waals surface area contributed by atoms with Gasteiger partial charge in [0.2, 0.25) is 0 Å². The summed E-state index contributed by atoms with van der Waals surface area (Å²) in [6, 6.07) is 2.68. The van der Waals surface area contributed by atoms with Gasteiger partial charge in [0.25, 0.3) is 11.8 Å². The fourth-order valence-corrected chi connectivity index (χ4v) is 4.50. The number of pyridine rings is 1. The Balaban J connectivity index is 2.17. The topological polar surface area (TPSA) is 96.4 Å². The number of carbonyl (C=O) groups excluding carboxylic acids is 2. The minimum absolute atomic E-state index is 0.0107. The van der Waals surface area contributed by atoms with Crippen LogP contribution in [0.4, 0.5) is 0 Å². The predicted molar refractivity (Wildman–Crippen MR) is 90.6 cm³/mol. The maximum Gasteiger partial charge on any atom is 0.272 e. The number of hydrogen-bond acceptors (Lipinski definition) is 5. The first kappa shape index (κ1) is 18.4. The Morgan fingerprint density at radius 3 is 2.71 bits per heavy atom. The molecule has 0 radical (unpaired) electrons. The molecule has 1 fully saturated rings. The van der Waals surface area contributed by atoms with Crippen molar-refractivity contribution in [1.82, 2.24) is 15.2 Å². The van der Waals surface area contributed by atoms with Crippen molar-refractivity contribution >= 4 is 21.7 Å². The van der Waals surface area contributed by atoms with Gasteiger partial charge in [0.1, 0.15) is 5.69 Å². The first-order valence-electron chi connectivity index (χ1n) is 8.13. The lowest BCUT2D eigenvalue weighted by Gasteiger charge is -2.26. The first-order valence-corrected chi connectivity index (χ1v) is 9.95. The van der Waals surface area contributed by atoms with Gasteiger partial charge >= 0.3 is 0 Å². The van der Waals surface area contributed by atoms with Crippen molar-refractivity contribution in [3.8, 4) is 0 Å². The Labute approximate surface area is 142 Å². The molecule has 1 aromatic rings. The zero-order chi connectivity index (χ0) is 17.7. The minimum atomic E-state index is -3.08. The molecule has 2 heterocycles. The molecule has 0 bridgehead atoms. The monoisotopic (exact) mass is 353 g/mol. The molecule has 0 spiro atoms. The van der Waals surface area contributed by atoms with Crippen LogP contribution in [0.1, 0.15) is 47.5 Å². The summed E-state index contributed by atoms with van der Waals surface area (Å²) in [7, 11) is -3.08. The van der Waals surface area contributed by atoms with Gasteiger partial charge in [0.05, 0.1) is 11.5 Å². The highest BCUT2D eigenvalue weighted by atomic mass is 32.2. The summed E-state index contributed by atoms with van der Waals surface area (Å²) in [5.74, 6) is -0.498. The number of rotatable bonds is 6. The lowest BCUT2D eigenvalue weighted by Crippen LogP contribution is -2.41. The van der Waals surface area contributed by atoms with Crippen LogP contribution < -0.4 is 5.32 Å². The van der Waals surface area contributed by atoms with Crippen LogP contribution in [0.15, 0.2) is 18.3 Å². The van der Waals surface area contributed by atoms with Crippen LogP contribution >= 0.6 is 0 Å². The zero-order valence-corrected chi connectivity index (χ0v) is 14.8. The normalized spacial score (nSPS) is 19.0. The summed E-state index contributed by atoms with van der Waals surface area (Å²) < 4.78 is 23.3.